The fourth-order valence-electron chi connectivity index (χ4n) is 2.48. The average Bonchev–Trinajstić information content (AvgIpc) is 2.47. The van der Waals surface area contributed by atoms with E-state index in [1.807, 2.05) is 18.2 Å². The van der Waals surface area contributed by atoms with Crippen LogP contribution in [-0.4, -0.2) is 5.11 Å². The van der Waals surface area contributed by atoms with E-state index in [9.17, 15) is 5.11 Å². The van der Waals surface area contributed by atoms with E-state index in [-0.39, 0.29) is 5.41 Å². The first kappa shape index (κ1) is 13.4. The van der Waals surface area contributed by atoms with Crippen molar-refractivity contribution in [1.29, 1.82) is 0 Å². The molecule has 0 fully saturated rings. The second-order valence-electron chi connectivity index (χ2n) is 5.01. The Hall–Kier alpha value is -2.02. The summed E-state index contributed by atoms with van der Waals surface area (Å²) in [4.78, 5) is 0. The molecule has 0 amide bonds. The van der Waals surface area contributed by atoms with Gasteiger partial charge in [0.2, 0.25) is 0 Å². The zero-order valence-electron chi connectivity index (χ0n) is 11.7. The normalized spacial score (nSPS) is 15.0. The van der Waals surface area contributed by atoms with Crippen LogP contribution in [0.4, 0.5) is 0 Å². The number of hydrogen-bond donors (Lipinski definition) is 1. The van der Waals surface area contributed by atoms with Crippen LogP contribution in [0.1, 0.15) is 31.9 Å². The number of aromatic hydroxyl groups is 1. The third-order valence-corrected chi connectivity index (χ3v) is 4.02. The van der Waals surface area contributed by atoms with Crippen molar-refractivity contribution in [1.82, 2.24) is 0 Å². The van der Waals surface area contributed by atoms with E-state index < -0.39 is 0 Å². The van der Waals surface area contributed by atoms with Gasteiger partial charge < -0.3 is 5.11 Å². The van der Waals surface area contributed by atoms with E-state index in [1.54, 1.807) is 12.1 Å². The summed E-state index contributed by atoms with van der Waals surface area (Å²) in [6.07, 6.45) is 2.15. The molecule has 1 N–H and O–H groups in total. The van der Waals surface area contributed by atoms with E-state index in [0.717, 1.165) is 0 Å². The Labute approximate surface area is 115 Å². The molecule has 98 valence electrons. The molecule has 0 saturated carbocycles. The standard InChI is InChI=1S/C18H20O/c1-4-14(2)18(3,15-8-6-5-7-9-15)16-10-12-17(19)13-11-16/h4-13,19H,1-3H3/b14-4+. The SMILES string of the molecule is C/C=C(\C)C(C)(c1ccccc1)c1ccc(O)cc1. The molecule has 0 aromatic heterocycles. The van der Waals surface area contributed by atoms with Crippen molar-refractivity contribution in [3.8, 4) is 5.75 Å². The maximum atomic E-state index is 9.47. The minimum atomic E-state index is -0.163. The van der Waals surface area contributed by atoms with Gasteiger partial charge in [-0.05, 0) is 44.0 Å². The van der Waals surface area contributed by atoms with Crippen molar-refractivity contribution in [2.75, 3.05) is 0 Å². The Morgan fingerprint density at radius 1 is 0.947 bits per heavy atom. The van der Waals surface area contributed by atoms with Gasteiger partial charge in [-0.2, -0.15) is 0 Å². The van der Waals surface area contributed by atoms with Crippen molar-refractivity contribution in [3.63, 3.8) is 0 Å². The van der Waals surface area contributed by atoms with Gasteiger partial charge in [0.05, 0.1) is 0 Å². The van der Waals surface area contributed by atoms with Crippen molar-refractivity contribution >= 4 is 0 Å². The van der Waals surface area contributed by atoms with E-state index in [1.165, 1.54) is 16.7 Å². The monoisotopic (exact) mass is 252 g/mol. The first-order valence-electron chi connectivity index (χ1n) is 6.57. The summed E-state index contributed by atoms with van der Waals surface area (Å²) in [7, 11) is 0. The highest BCUT2D eigenvalue weighted by atomic mass is 16.3. The second kappa shape index (κ2) is 5.31. The second-order valence-corrected chi connectivity index (χ2v) is 5.01. The van der Waals surface area contributed by atoms with Crippen LogP contribution in [0.5, 0.6) is 5.75 Å². The number of benzene rings is 2. The number of phenolic OH excluding ortho intramolecular Hbond substituents is 1. The van der Waals surface area contributed by atoms with Crippen LogP contribution in [0.25, 0.3) is 0 Å². The molecule has 0 saturated heterocycles. The van der Waals surface area contributed by atoms with E-state index >= 15 is 0 Å². The maximum absolute atomic E-state index is 9.47. The molecule has 1 unspecified atom stereocenters. The molecular weight excluding hydrogens is 232 g/mol. The molecule has 19 heavy (non-hydrogen) atoms. The lowest BCUT2D eigenvalue weighted by Gasteiger charge is -2.32. The summed E-state index contributed by atoms with van der Waals surface area (Å²) >= 11 is 0. The first-order chi connectivity index (χ1) is 9.09. The highest BCUT2D eigenvalue weighted by Crippen LogP contribution is 2.38. The Kier molecular flexibility index (Phi) is 3.75. The van der Waals surface area contributed by atoms with Gasteiger partial charge in [0.25, 0.3) is 0 Å². The van der Waals surface area contributed by atoms with Gasteiger partial charge in [-0.25, -0.2) is 0 Å². The molecule has 0 aliphatic heterocycles. The van der Waals surface area contributed by atoms with Gasteiger partial charge in [0, 0.05) is 5.41 Å². The zero-order valence-corrected chi connectivity index (χ0v) is 11.7. The van der Waals surface area contributed by atoms with Crippen molar-refractivity contribution in [2.24, 2.45) is 0 Å². The molecule has 2 rings (SSSR count). The van der Waals surface area contributed by atoms with Gasteiger partial charge >= 0.3 is 0 Å². The van der Waals surface area contributed by atoms with Gasteiger partial charge in [-0.1, -0.05) is 54.1 Å². The lowest BCUT2D eigenvalue weighted by molar-refractivity contribution is 0.474. The number of phenols is 1. The average molecular weight is 252 g/mol. The molecule has 1 heteroatoms. The predicted octanol–water partition coefficient (Wildman–Crippen LogP) is 4.66. The van der Waals surface area contributed by atoms with Crippen molar-refractivity contribution in [3.05, 3.63) is 77.4 Å². The van der Waals surface area contributed by atoms with Gasteiger partial charge in [0.1, 0.15) is 5.75 Å². The highest BCUT2D eigenvalue weighted by molar-refractivity contribution is 5.48. The largest absolute Gasteiger partial charge is 0.508 e. The van der Waals surface area contributed by atoms with Gasteiger partial charge in [-0.3, -0.25) is 0 Å². The summed E-state index contributed by atoms with van der Waals surface area (Å²) < 4.78 is 0. The predicted molar refractivity (Wildman–Crippen MR) is 80.4 cm³/mol. The maximum Gasteiger partial charge on any atom is 0.115 e. The van der Waals surface area contributed by atoms with Crippen LogP contribution in [0.15, 0.2) is 66.2 Å². The summed E-state index contributed by atoms with van der Waals surface area (Å²) in [6.45, 7) is 6.45. The molecule has 2 aromatic rings. The number of allylic oxidation sites excluding steroid dienone is 2. The molecule has 0 aliphatic rings. The summed E-state index contributed by atoms with van der Waals surface area (Å²) in [6, 6.07) is 18.0. The fourth-order valence-corrected chi connectivity index (χ4v) is 2.48. The minimum absolute atomic E-state index is 0.163. The molecule has 1 nitrogen and oxygen atoms in total. The lowest BCUT2D eigenvalue weighted by atomic mass is 9.71. The third kappa shape index (κ3) is 2.41. The highest BCUT2D eigenvalue weighted by Gasteiger charge is 2.30. The summed E-state index contributed by atoms with van der Waals surface area (Å²) in [5, 5.41) is 9.47. The molecular formula is C18H20O. The topological polar surface area (TPSA) is 20.2 Å². The number of rotatable bonds is 3. The molecule has 0 heterocycles. The van der Waals surface area contributed by atoms with E-state index in [0.29, 0.717) is 5.75 Å². The Bertz CT molecular complexity index is 566. The van der Waals surface area contributed by atoms with Crippen molar-refractivity contribution in [2.45, 2.75) is 26.2 Å². The molecule has 0 bridgehead atoms. The lowest BCUT2D eigenvalue weighted by Crippen LogP contribution is -2.25. The minimum Gasteiger partial charge on any atom is -0.508 e. The van der Waals surface area contributed by atoms with Crippen LogP contribution in [0.2, 0.25) is 0 Å². The summed E-state index contributed by atoms with van der Waals surface area (Å²) in [5.74, 6) is 0.303. The van der Waals surface area contributed by atoms with E-state index in [2.05, 4.69) is 51.1 Å². The fraction of sp³-hybridized carbons (Fsp3) is 0.222. The van der Waals surface area contributed by atoms with Crippen LogP contribution in [-0.2, 0) is 5.41 Å². The van der Waals surface area contributed by atoms with Gasteiger partial charge in [-0.15, -0.1) is 0 Å². The quantitative estimate of drug-likeness (QED) is 0.787. The van der Waals surface area contributed by atoms with E-state index in [4.69, 9.17) is 0 Å². The molecule has 0 radical (unpaired) electrons. The Morgan fingerprint density at radius 2 is 1.47 bits per heavy atom. The molecule has 2 aromatic carbocycles. The third-order valence-electron chi connectivity index (χ3n) is 4.02. The van der Waals surface area contributed by atoms with Crippen molar-refractivity contribution < 1.29 is 5.11 Å². The molecule has 1 atom stereocenters. The Balaban J connectivity index is 2.62. The van der Waals surface area contributed by atoms with Crippen LogP contribution < -0.4 is 0 Å². The van der Waals surface area contributed by atoms with Gasteiger partial charge in [0.15, 0.2) is 0 Å². The number of hydrogen-bond acceptors (Lipinski definition) is 1. The smallest absolute Gasteiger partial charge is 0.115 e. The molecule has 0 spiro atoms. The van der Waals surface area contributed by atoms with Crippen LogP contribution in [0.3, 0.4) is 0 Å². The van der Waals surface area contributed by atoms with Crippen LogP contribution in [0, 0.1) is 0 Å². The first-order valence-corrected chi connectivity index (χ1v) is 6.57. The zero-order chi connectivity index (χ0) is 13.9. The van der Waals surface area contributed by atoms with Crippen LogP contribution >= 0.6 is 0 Å². The molecule has 0 aliphatic carbocycles. The Morgan fingerprint density at radius 3 is 2.00 bits per heavy atom. The summed E-state index contributed by atoms with van der Waals surface area (Å²) in [5.41, 5.74) is 3.58.